The maximum absolute atomic E-state index is 12.1. The first-order valence-electron chi connectivity index (χ1n) is 6.75. The molecule has 0 N–H and O–H groups in total. The van der Waals surface area contributed by atoms with Gasteiger partial charge in [-0.3, -0.25) is 4.90 Å². The smallest absolute Gasteiger partial charge is 0.242 e. The van der Waals surface area contributed by atoms with Gasteiger partial charge in [0.15, 0.2) is 0 Å². The normalized spacial score (nSPS) is 21.3. The molecule has 6 heteroatoms. The van der Waals surface area contributed by atoms with E-state index in [0.717, 1.165) is 31.8 Å². The van der Waals surface area contributed by atoms with Gasteiger partial charge in [-0.1, -0.05) is 12.1 Å². The molecule has 1 fully saturated rings. The Kier molecular flexibility index (Phi) is 4.80. The average Bonchev–Trinajstić information content (AvgIpc) is 2.39. The van der Waals surface area contributed by atoms with Crippen LogP contribution in [0.5, 0.6) is 0 Å². The lowest BCUT2D eigenvalue weighted by atomic mass is 10.2. The Labute approximate surface area is 121 Å². The third-order valence-electron chi connectivity index (χ3n) is 3.41. The second-order valence-electron chi connectivity index (χ2n) is 5.35. The standard InChI is InChI=1S/C14H22N2O3S/c1-12-10-16(7-8-19-12)11-13-5-4-6-14(9-13)20(17,18)15(2)3/h4-6,9,12H,7-8,10-11H2,1-3H3. The summed E-state index contributed by atoms with van der Waals surface area (Å²) < 4.78 is 31.0. The monoisotopic (exact) mass is 298 g/mol. The Morgan fingerprint density at radius 3 is 2.80 bits per heavy atom. The summed E-state index contributed by atoms with van der Waals surface area (Å²) in [6.45, 7) is 5.31. The van der Waals surface area contributed by atoms with Crippen molar-refractivity contribution in [1.82, 2.24) is 9.21 Å². The number of nitrogens with zero attached hydrogens (tertiary/aromatic N) is 2. The molecule has 0 aliphatic carbocycles. The summed E-state index contributed by atoms with van der Waals surface area (Å²) in [5.74, 6) is 0. The molecule has 1 aliphatic heterocycles. The summed E-state index contributed by atoms with van der Waals surface area (Å²) >= 11 is 0. The molecule has 1 atom stereocenters. The molecular weight excluding hydrogens is 276 g/mol. The predicted octanol–water partition coefficient (Wildman–Crippen LogP) is 1.16. The Balaban J connectivity index is 2.14. The van der Waals surface area contributed by atoms with E-state index in [4.69, 9.17) is 4.74 Å². The van der Waals surface area contributed by atoms with Crippen LogP contribution in [0.4, 0.5) is 0 Å². The molecule has 0 aromatic heterocycles. The van der Waals surface area contributed by atoms with E-state index in [1.165, 1.54) is 4.31 Å². The van der Waals surface area contributed by atoms with Crippen molar-refractivity contribution in [1.29, 1.82) is 0 Å². The first-order valence-corrected chi connectivity index (χ1v) is 8.19. The first kappa shape index (κ1) is 15.4. The van der Waals surface area contributed by atoms with E-state index in [0.29, 0.717) is 4.90 Å². The third kappa shape index (κ3) is 3.58. The molecular formula is C14H22N2O3S. The van der Waals surface area contributed by atoms with E-state index in [2.05, 4.69) is 11.8 Å². The van der Waals surface area contributed by atoms with Crippen LogP contribution in [-0.4, -0.2) is 57.5 Å². The largest absolute Gasteiger partial charge is 0.376 e. The van der Waals surface area contributed by atoms with Gasteiger partial charge in [0, 0.05) is 33.7 Å². The van der Waals surface area contributed by atoms with Gasteiger partial charge in [-0.2, -0.15) is 0 Å². The van der Waals surface area contributed by atoms with Crippen molar-refractivity contribution in [2.24, 2.45) is 0 Å². The highest BCUT2D eigenvalue weighted by atomic mass is 32.2. The Morgan fingerprint density at radius 2 is 2.15 bits per heavy atom. The van der Waals surface area contributed by atoms with Crippen molar-refractivity contribution >= 4 is 10.0 Å². The third-order valence-corrected chi connectivity index (χ3v) is 5.22. The molecule has 1 heterocycles. The number of hydrogen-bond acceptors (Lipinski definition) is 4. The summed E-state index contributed by atoms with van der Waals surface area (Å²) in [6, 6.07) is 7.17. The number of benzene rings is 1. The van der Waals surface area contributed by atoms with E-state index < -0.39 is 10.0 Å². The number of rotatable bonds is 4. The molecule has 1 aromatic carbocycles. The van der Waals surface area contributed by atoms with Gasteiger partial charge in [0.25, 0.3) is 0 Å². The highest BCUT2D eigenvalue weighted by molar-refractivity contribution is 7.89. The fraction of sp³-hybridized carbons (Fsp3) is 0.571. The minimum Gasteiger partial charge on any atom is -0.376 e. The van der Waals surface area contributed by atoms with Crippen LogP contribution in [-0.2, 0) is 21.3 Å². The molecule has 0 saturated carbocycles. The van der Waals surface area contributed by atoms with Crippen LogP contribution >= 0.6 is 0 Å². The SMILES string of the molecule is CC1CN(Cc2cccc(S(=O)(=O)N(C)C)c2)CCO1. The van der Waals surface area contributed by atoms with Crippen molar-refractivity contribution in [3.05, 3.63) is 29.8 Å². The molecule has 2 rings (SSSR count). The first-order chi connectivity index (χ1) is 9.39. The molecule has 5 nitrogen and oxygen atoms in total. The number of hydrogen-bond donors (Lipinski definition) is 0. The highest BCUT2D eigenvalue weighted by Crippen LogP contribution is 2.17. The van der Waals surface area contributed by atoms with Crippen molar-refractivity contribution in [3.8, 4) is 0 Å². The quantitative estimate of drug-likeness (QED) is 0.837. The molecule has 0 radical (unpaired) electrons. The van der Waals surface area contributed by atoms with Gasteiger partial charge in [-0.25, -0.2) is 12.7 Å². The zero-order valence-corrected chi connectivity index (χ0v) is 13.1. The number of sulfonamides is 1. The van der Waals surface area contributed by atoms with Crippen LogP contribution in [0.2, 0.25) is 0 Å². The predicted molar refractivity (Wildman–Crippen MR) is 78.0 cm³/mol. The fourth-order valence-electron chi connectivity index (χ4n) is 2.31. The average molecular weight is 298 g/mol. The number of morpholine rings is 1. The minimum atomic E-state index is -3.36. The van der Waals surface area contributed by atoms with Crippen molar-refractivity contribution in [2.45, 2.75) is 24.5 Å². The van der Waals surface area contributed by atoms with E-state index in [-0.39, 0.29) is 6.10 Å². The fourth-order valence-corrected chi connectivity index (χ4v) is 3.28. The summed E-state index contributed by atoms with van der Waals surface area (Å²) in [6.07, 6.45) is 0.234. The van der Waals surface area contributed by atoms with Gasteiger partial charge < -0.3 is 4.74 Å². The van der Waals surface area contributed by atoms with Crippen LogP contribution in [0.25, 0.3) is 0 Å². The Morgan fingerprint density at radius 1 is 1.40 bits per heavy atom. The summed E-state index contributed by atoms with van der Waals surface area (Å²) in [5, 5.41) is 0. The zero-order valence-electron chi connectivity index (χ0n) is 12.2. The van der Waals surface area contributed by atoms with Crippen LogP contribution in [0, 0.1) is 0 Å². The van der Waals surface area contributed by atoms with Crippen molar-refractivity contribution < 1.29 is 13.2 Å². The van der Waals surface area contributed by atoms with Crippen LogP contribution in [0.3, 0.4) is 0 Å². The van der Waals surface area contributed by atoms with Crippen LogP contribution in [0.15, 0.2) is 29.2 Å². The van der Waals surface area contributed by atoms with Gasteiger partial charge in [-0.15, -0.1) is 0 Å². The van der Waals surface area contributed by atoms with E-state index >= 15 is 0 Å². The lowest BCUT2D eigenvalue weighted by Crippen LogP contribution is -2.40. The van der Waals surface area contributed by atoms with Crippen molar-refractivity contribution in [2.75, 3.05) is 33.8 Å². The molecule has 1 aromatic rings. The molecule has 0 spiro atoms. The van der Waals surface area contributed by atoms with Crippen LogP contribution in [0.1, 0.15) is 12.5 Å². The van der Waals surface area contributed by atoms with E-state index in [9.17, 15) is 8.42 Å². The lowest BCUT2D eigenvalue weighted by molar-refractivity contribution is -0.0212. The molecule has 112 valence electrons. The topological polar surface area (TPSA) is 49.9 Å². The van der Waals surface area contributed by atoms with Gasteiger partial charge in [0.2, 0.25) is 10.0 Å². The number of ether oxygens (including phenoxy) is 1. The Bertz CT molecular complexity index is 557. The zero-order chi connectivity index (χ0) is 14.8. The van der Waals surface area contributed by atoms with Gasteiger partial charge in [0.05, 0.1) is 17.6 Å². The van der Waals surface area contributed by atoms with E-state index in [1.807, 2.05) is 6.07 Å². The van der Waals surface area contributed by atoms with E-state index in [1.54, 1.807) is 32.3 Å². The second kappa shape index (κ2) is 6.22. The van der Waals surface area contributed by atoms with Crippen LogP contribution < -0.4 is 0 Å². The maximum Gasteiger partial charge on any atom is 0.242 e. The maximum atomic E-state index is 12.1. The van der Waals surface area contributed by atoms with Gasteiger partial charge >= 0.3 is 0 Å². The highest BCUT2D eigenvalue weighted by Gasteiger charge is 2.19. The minimum absolute atomic E-state index is 0.234. The second-order valence-corrected chi connectivity index (χ2v) is 7.50. The van der Waals surface area contributed by atoms with Gasteiger partial charge in [0.1, 0.15) is 0 Å². The molecule has 1 unspecified atom stereocenters. The van der Waals surface area contributed by atoms with Crippen molar-refractivity contribution in [3.63, 3.8) is 0 Å². The molecule has 1 aliphatic rings. The molecule has 0 bridgehead atoms. The van der Waals surface area contributed by atoms with Gasteiger partial charge in [-0.05, 0) is 24.6 Å². The molecule has 1 saturated heterocycles. The molecule has 0 amide bonds. The summed E-state index contributed by atoms with van der Waals surface area (Å²) in [5.41, 5.74) is 1.02. The Hall–Kier alpha value is -0.950. The molecule has 20 heavy (non-hydrogen) atoms. The lowest BCUT2D eigenvalue weighted by Gasteiger charge is -2.31. The summed E-state index contributed by atoms with van der Waals surface area (Å²) in [4.78, 5) is 2.64. The summed E-state index contributed by atoms with van der Waals surface area (Å²) in [7, 11) is -0.266.